The number of rotatable bonds is 6. The summed E-state index contributed by atoms with van der Waals surface area (Å²) >= 11 is 0. The molecule has 1 aliphatic heterocycles. The van der Waals surface area contributed by atoms with Gasteiger partial charge in [0.15, 0.2) is 5.78 Å². The van der Waals surface area contributed by atoms with E-state index in [-0.39, 0.29) is 5.78 Å². The second-order valence-corrected chi connectivity index (χ2v) is 7.10. The first kappa shape index (κ1) is 18.0. The maximum Gasteiger partial charge on any atom is 0.171 e. The summed E-state index contributed by atoms with van der Waals surface area (Å²) in [6.45, 7) is 6.22. The number of benzene rings is 2. The van der Waals surface area contributed by atoms with E-state index in [4.69, 9.17) is 9.47 Å². The van der Waals surface area contributed by atoms with Gasteiger partial charge in [-0.25, -0.2) is 0 Å². The molecule has 2 aromatic carbocycles. The van der Waals surface area contributed by atoms with E-state index in [2.05, 4.69) is 30.0 Å². The van der Waals surface area contributed by atoms with Gasteiger partial charge in [0.05, 0.1) is 12.2 Å². The summed E-state index contributed by atoms with van der Waals surface area (Å²) in [5.74, 6) is 0.901. The molecule has 1 aliphatic carbocycles. The average Bonchev–Trinajstić information content (AvgIpc) is 3.24. The van der Waals surface area contributed by atoms with Crippen molar-refractivity contribution in [3.63, 3.8) is 0 Å². The molecular weight excluding hydrogens is 338 g/mol. The molecule has 1 heterocycles. The number of likely N-dealkylation sites (N-methyl/N-ethyl adjacent to an activating group) is 1. The molecule has 0 aromatic heterocycles. The fourth-order valence-electron chi connectivity index (χ4n) is 3.93. The van der Waals surface area contributed by atoms with Gasteiger partial charge in [-0.3, -0.25) is 9.69 Å². The minimum Gasteiger partial charge on any atom is -0.487 e. The molecule has 0 unspecified atom stereocenters. The molecule has 4 heteroatoms. The number of ketones is 1. The summed E-state index contributed by atoms with van der Waals surface area (Å²) in [4.78, 5) is 15.0. The van der Waals surface area contributed by atoms with Gasteiger partial charge in [-0.15, -0.1) is 0 Å². The van der Waals surface area contributed by atoms with Gasteiger partial charge in [-0.05, 0) is 23.2 Å². The molecule has 4 rings (SSSR count). The van der Waals surface area contributed by atoms with Gasteiger partial charge in [0.2, 0.25) is 0 Å². The lowest BCUT2D eigenvalue weighted by molar-refractivity contribution is -0.112. The van der Waals surface area contributed by atoms with Crippen LogP contribution in [0.5, 0.6) is 0 Å². The van der Waals surface area contributed by atoms with Gasteiger partial charge in [0, 0.05) is 37.7 Å². The number of hydrogen-bond donors (Lipinski definition) is 0. The van der Waals surface area contributed by atoms with Crippen molar-refractivity contribution in [2.45, 2.75) is 26.5 Å². The van der Waals surface area contributed by atoms with Gasteiger partial charge in [0.25, 0.3) is 0 Å². The van der Waals surface area contributed by atoms with Crippen molar-refractivity contribution >= 4 is 17.1 Å². The molecule has 0 saturated heterocycles. The predicted octanol–water partition coefficient (Wildman–Crippen LogP) is 3.68. The van der Waals surface area contributed by atoms with Crippen LogP contribution in [-0.2, 0) is 33.8 Å². The van der Waals surface area contributed by atoms with Crippen molar-refractivity contribution in [3.05, 3.63) is 70.3 Å². The van der Waals surface area contributed by atoms with Crippen LogP contribution in [0.1, 0.15) is 34.7 Å². The van der Waals surface area contributed by atoms with Crippen LogP contribution in [-0.4, -0.2) is 37.5 Å². The van der Waals surface area contributed by atoms with Crippen LogP contribution < -0.4 is 0 Å². The van der Waals surface area contributed by atoms with Crippen molar-refractivity contribution in [1.82, 2.24) is 4.90 Å². The van der Waals surface area contributed by atoms with E-state index in [1.807, 2.05) is 24.3 Å². The summed E-state index contributed by atoms with van der Waals surface area (Å²) in [5.41, 5.74) is 6.34. The summed E-state index contributed by atoms with van der Waals surface area (Å²) in [6, 6.07) is 14.5. The summed E-state index contributed by atoms with van der Waals surface area (Å²) in [6.07, 6.45) is 0.469. The molecule has 2 aromatic rings. The first-order chi connectivity index (χ1) is 13.2. The number of ether oxygens (including phenoxy) is 2. The van der Waals surface area contributed by atoms with Crippen molar-refractivity contribution in [2.24, 2.45) is 0 Å². The molecule has 4 nitrogen and oxygen atoms in total. The van der Waals surface area contributed by atoms with E-state index in [0.717, 1.165) is 59.8 Å². The van der Waals surface area contributed by atoms with Gasteiger partial charge < -0.3 is 9.47 Å². The Morgan fingerprint density at radius 3 is 2.78 bits per heavy atom. The van der Waals surface area contributed by atoms with E-state index in [9.17, 15) is 4.79 Å². The van der Waals surface area contributed by atoms with E-state index in [0.29, 0.717) is 13.0 Å². The largest absolute Gasteiger partial charge is 0.487 e. The van der Waals surface area contributed by atoms with E-state index < -0.39 is 0 Å². The topological polar surface area (TPSA) is 38.8 Å². The van der Waals surface area contributed by atoms with Crippen LogP contribution in [0.15, 0.2) is 42.5 Å². The van der Waals surface area contributed by atoms with Crippen molar-refractivity contribution in [2.75, 3.05) is 26.8 Å². The zero-order valence-corrected chi connectivity index (χ0v) is 16.0. The van der Waals surface area contributed by atoms with E-state index in [1.165, 1.54) is 5.56 Å². The molecule has 0 saturated carbocycles. The maximum absolute atomic E-state index is 12.6. The number of nitrogens with zero attached hydrogens (tertiary/aromatic N) is 1. The van der Waals surface area contributed by atoms with Crippen LogP contribution in [0, 0.1) is 0 Å². The van der Waals surface area contributed by atoms with Crippen LogP contribution in [0.25, 0.3) is 11.3 Å². The lowest BCUT2D eigenvalue weighted by Gasteiger charge is -2.20. The van der Waals surface area contributed by atoms with Gasteiger partial charge >= 0.3 is 0 Å². The van der Waals surface area contributed by atoms with E-state index in [1.54, 1.807) is 7.11 Å². The molecule has 0 spiro atoms. The molecule has 27 heavy (non-hydrogen) atoms. The zero-order valence-electron chi connectivity index (χ0n) is 16.0. The number of allylic oxidation sites excluding steroid dienone is 1. The smallest absolute Gasteiger partial charge is 0.171 e. The van der Waals surface area contributed by atoms with Crippen LogP contribution in [0.2, 0.25) is 0 Å². The third kappa shape index (κ3) is 3.43. The minimum atomic E-state index is 0.153. The highest BCUT2D eigenvalue weighted by Gasteiger charge is 2.32. The Kier molecular flexibility index (Phi) is 5.10. The SMILES string of the molecule is CCN(CCOC)Cc1ccc2c(c1)CO/C2=C1/C(=O)Cc2ccccc21. The third-order valence-corrected chi connectivity index (χ3v) is 5.39. The van der Waals surface area contributed by atoms with E-state index >= 15 is 0 Å². The Bertz CT molecular complexity index is 900. The minimum absolute atomic E-state index is 0.153. The number of carbonyl (C=O) groups excluding carboxylic acids is 1. The number of hydrogen-bond acceptors (Lipinski definition) is 4. The number of fused-ring (bicyclic) bond motifs is 2. The Morgan fingerprint density at radius 2 is 1.96 bits per heavy atom. The molecule has 0 radical (unpaired) electrons. The van der Waals surface area contributed by atoms with Crippen molar-refractivity contribution < 1.29 is 14.3 Å². The monoisotopic (exact) mass is 363 g/mol. The molecule has 0 bridgehead atoms. The molecule has 140 valence electrons. The molecule has 0 amide bonds. The second kappa shape index (κ2) is 7.67. The van der Waals surface area contributed by atoms with Crippen molar-refractivity contribution in [1.29, 1.82) is 0 Å². The number of methoxy groups -OCH3 is 1. The molecule has 0 N–H and O–H groups in total. The van der Waals surface area contributed by atoms with Crippen molar-refractivity contribution in [3.8, 4) is 0 Å². The van der Waals surface area contributed by atoms with Crippen LogP contribution in [0.3, 0.4) is 0 Å². The Labute approximate surface area is 160 Å². The molecule has 0 fully saturated rings. The molecule has 0 atom stereocenters. The van der Waals surface area contributed by atoms with Gasteiger partial charge in [-0.2, -0.15) is 0 Å². The fraction of sp³-hybridized carbons (Fsp3) is 0.348. The molecule has 2 aliphatic rings. The first-order valence-electron chi connectivity index (χ1n) is 9.53. The highest BCUT2D eigenvalue weighted by molar-refractivity contribution is 6.31. The summed E-state index contributed by atoms with van der Waals surface area (Å²) < 4.78 is 11.2. The van der Waals surface area contributed by atoms with Crippen LogP contribution in [0.4, 0.5) is 0 Å². The Hall–Kier alpha value is -2.43. The Morgan fingerprint density at radius 1 is 1.11 bits per heavy atom. The number of carbonyl (C=O) groups is 1. The lowest BCUT2D eigenvalue weighted by Crippen LogP contribution is -2.26. The maximum atomic E-state index is 12.6. The third-order valence-electron chi connectivity index (χ3n) is 5.39. The van der Waals surface area contributed by atoms with Crippen LogP contribution >= 0.6 is 0 Å². The summed E-state index contributed by atoms with van der Waals surface area (Å²) in [5, 5.41) is 0. The zero-order chi connectivity index (χ0) is 18.8. The normalized spacial score (nSPS) is 18.0. The average molecular weight is 363 g/mol. The molecular formula is C23H25NO3. The fourth-order valence-corrected chi connectivity index (χ4v) is 3.93. The summed E-state index contributed by atoms with van der Waals surface area (Å²) in [7, 11) is 1.73. The van der Waals surface area contributed by atoms with Gasteiger partial charge in [0.1, 0.15) is 12.4 Å². The quantitative estimate of drug-likeness (QED) is 0.734. The first-order valence-corrected chi connectivity index (χ1v) is 9.53. The Balaban J connectivity index is 1.63. The number of Topliss-reactive ketones (excluding diaryl/α,β-unsaturated/α-hetero) is 1. The highest BCUT2D eigenvalue weighted by atomic mass is 16.5. The lowest BCUT2D eigenvalue weighted by atomic mass is 9.99. The predicted molar refractivity (Wildman–Crippen MR) is 106 cm³/mol. The second-order valence-electron chi connectivity index (χ2n) is 7.10. The van der Waals surface area contributed by atoms with Gasteiger partial charge in [-0.1, -0.05) is 49.4 Å². The standard InChI is InChI=1S/C23H25NO3/c1-3-24(10-11-26-2)14-16-8-9-20-18(12-16)15-27-23(20)22-19-7-5-4-6-17(19)13-21(22)25/h4-9,12H,3,10-11,13-15H2,1-2H3/b23-22+. The highest BCUT2D eigenvalue weighted by Crippen LogP contribution is 2.40.